The van der Waals surface area contributed by atoms with Crippen LogP contribution in [0.1, 0.15) is 49.3 Å². The average molecular weight is 333 g/mol. The number of amides is 1. The van der Waals surface area contributed by atoms with Gasteiger partial charge in [-0.05, 0) is 25.0 Å². The predicted octanol–water partition coefficient (Wildman–Crippen LogP) is 2.28. The molecule has 0 aromatic carbocycles. The van der Waals surface area contributed by atoms with Crippen LogP contribution in [0, 0.1) is 0 Å². The highest BCUT2D eigenvalue weighted by molar-refractivity contribution is 5.97. The summed E-state index contributed by atoms with van der Waals surface area (Å²) in [6, 6.07) is 2.62. The molecule has 7 heteroatoms. The number of fused-ring (bicyclic) bond motifs is 1. The fourth-order valence-electron chi connectivity index (χ4n) is 2.63. The highest BCUT2D eigenvalue weighted by Gasteiger charge is 2.25. The maximum absolute atomic E-state index is 12.7. The maximum atomic E-state index is 12.7. The number of imidazole rings is 1. The molecular formula is C17H23N3O4. The maximum Gasteiger partial charge on any atom is 0.326 e. The summed E-state index contributed by atoms with van der Waals surface area (Å²) in [6.07, 6.45) is 4.28. The molecule has 0 saturated carbocycles. The molecule has 0 spiro atoms. The van der Waals surface area contributed by atoms with E-state index in [4.69, 9.17) is 4.74 Å². The van der Waals surface area contributed by atoms with Gasteiger partial charge < -0.3 is 15.2 Å². The molecule has 2 N–H and O–H groups in total. The number of aliphatic carboxylic acids is 1. The lowest BCUT2D eigenvalue weighted by Crippen LogP contribution is -2.41. The summed E-state index contributed by atoms with van der Waals surface area (Å²) < 4.78 is 6.93. The van der Waals surface area contributed by atoms with Crippen LogP contribution in [0.5, 0.6) is 5.75 Å². The molecule has 0 aliphatic rings. The molecule has 1 amide bonds. The van der Waals surface area contributed by atoms with Gasteiger partial charge in [0.15, 0.2) is 11.4 Å². The minimum absolute atomic E-state index is 0.356. The molecule has 130 valence electrons. The number of pyridine rings is 1. The number of nitrogens with zero attached hydrogens (tertiary/aromatic N) is 2. The molecule has 0 aliphatic heterocycles. The molecule has 1 unspecified atom stereocenters. The van der Waals surface area contributed by atoms with Crippen molar-refractivity contribution < 1.29 is 19.4 Å². The van der Waals surface area contributed by atoms with Crippen LogP contribution < -0.4 is 10.1 Å². The van der Waals surface area contributed by atoms with E-state index in [1.54, 1.807) is 29.8 Å². The summed E-state index contributed by atoms with van der Waals surface area (Å²) in [5.41, 5.74) is 1.51. The van der Waals surface area contributed by atoms with E-state index in [0.717, 1.165) is 12.8 Å². The smallest absolute Gasteiger partial charge is 0.326 e. The predicted molar refractivity (Wildman–Crippen MR) is 89.5 cm³/mol. The zero-order valence-electron chi connectivity index (χ0n) is 14.2. The minimum Gasteiger partial charge on any atom is -0.493 e. The SMILES string of the molecule is CCCCC(NC(=O)c1c(CC)nc2c(OC)cccn12)C(=O)O. The van der Waals surface area contributed by atoms with Crippen molar-refractivity contribution in [2.24, 2.45) is 0 Å². The summed E-state index contributed by atoms with van der Waals surface area (Å²) in [5.74, 6) is -0.899. The summed E-state index contributed by atoms with van der Waals surface area (Å²) in [5, 5.41) is 11.9. The number of aryl methyl sites for hydroxylation is 1. The number of nitrogens with one attached hydrogen (secondary N) is 1. The molecule has 7 nitrogen and oxygen atoms in total. The van der Waals surface area contributed by atoms with Crippen LogP contribution in [0.3, 0.4) is 0 Å². The van der Waals surface area contributed by atoms with Gasteiger partial charge in [-0.25, -0.2) is 9.78 Å². The highest BCUT2D eigenvalue weighted by atomic mass is 16.5. The lowest BCUT2D eigenvalue weighted by atomic mass is 10.1. The molecule has 2 aromatic rings. The minimum atomic E-state index is -1.03. The standard InChI is InChI=1S/C17H23N3O4/c1-4-6-8-12(17(22)23)19-16(21)14-11(5-2)18-15-13(24-3)9-7-10-20(14)15/h7,9-10,12H,4-6,8H2,1-3H3,(H,19,21)(H,22,23). The zero-order chi connectivity index (χ0) is 17.7. The van der Waals surface area contributed by atoms with Crippen LogP contribution in [0.4, 0.5) is 0 Å². The Morgan fingerprint density at radius 2 is 2.17 bits per heavy atom. The topological polar surface area (TPSA) is 92.9 Å². The normalized spacial score (nSPS) is 12.1. The second-order valence-electron chi connectivity index (χ2n) is 5.54. The third-order valence-electron chi connectivity index (χ3n) is 3.91. The van der Waals surface area contributed by atoms with E-state index < -0.39 is 17.9 Å². The molecule has 0 bridgehead atoms. The summed E-state index contributed by atoms with van der Waals surface area (Å²) in [6.45, 7) is 3.88. The van der Waals surface area contributed by atoms with Crippen LogP contribution in [0.2, 0.25) is 0 Å². The number of aromatic nitrogens is 2. The van der Waals surface area contributed by atoms with Gasteiger partial charge in [0.05, 0.1) is 12.8 Å². The van der Waals surface area contributed by atoms with Gasteiger partial charge in [-0.2, -0.15) is 0 Å². The van der Waals surface area contributed by atoms with Gasteiger partial charge in [0, 0.05) is 6.20 Å². The van der Waals surface area contributed by atoms with Gasteiger partial charge >= 0.3 is 5.97 Å². The first-order valence-corrected chi connectivity index (χ1v) is 8.11. The van der Waals surface area contributed by atoms with Crippen molar-refractivity contribution in [2.75, 3.05) is 7.11 Å². The first kappa shape index (κ1) is 17.8. The van der Waals surface area contributed by atoms with Crippen molar-refractivity contribution in [3.63, 3.8) is 0 Å². The number of carbonyl (C=O) groups is 2. The summed E-state index contributed by atoms with van der Waals surface area (Å²) in [7, 11) is 1.54. The number of methoxy groups -OCH3 is 1. The first-order chi connectivity index (χ1) is 11.5. The van der Waals surface area contributed by atoms with E-state index in [1.165, 1.54) is 0 Å². The number of ether oxygens (including phenoxy) is 1. The lowest BCUT2D eigenvalue weighted by Gasteiger charge is -2.14. The second-order valence-corrected chi connectivity index (χ2v) is 5.54. The van der Waals surface area contributed by atoms with Gasteiger partial charge in [-0.15, -0.1) is 0 Å². The van der Waals surface area contributed by atoms with E-state index in [1.807, 2.05) is 13.8 Å². The first-order valence-electron chi connectivity index (χ1n) is 8.11. The van der Waals surface area contributed by atoms with Crippen molar-refractivity contribution in [3.8, 4) is 5.75 Å². The fourth-order valence-corrected chi connectivity index (χ4v) is 2.63. The molecule has 0 saturated heterocycles. The Kier molecular flexibility index (Phi) is 5.78. The Morgan fingerprint density at radius 3 is 2.75 bits per heavy atom. The number of carboxylic acids is 1. The number of rotatable bonds is 8. The molecular weight excluding hydrogens is 310 g/mol. The van der Waals surface area contributed by atoms with E-state index in [2.05, 4.69) is 10.3 Å². The molecule has 0 fully saturated rings. The number of unbranched alkanes of at least 4 members (excludes halogenated alkanes) is 1. The van der Waals surface area contributed by atoms with Gasteiger partial charge in [0.2, 0.25) is 0 Å². The van der Waals surface area contributed by atoms with Crippen LogP contribution in [-0.4, -0.2) is 39.5 Å². The Hall–Kier alpha value is -2.57. The van der Waals surface area contributed by atoms with E-state index in [9.17, 15) is 14.7 Å². The molecule has 0 radical (unpaired) electrons. The van der Waals surface area contributed by atoms with Crippen LogP contribution in [-0.2, 0) is 11.2 Å². The largest absolute Gasteiger partial charge is 0.493 e. The third-order valence-corrected chi connectivity index (χ3v) is 3.91. The summed E-state index contributed by atoms with van der Waals surface area (Å²) >= 11 is 0. The molecule has 24 heavy (non-hydrogen) atoms. The third kappa shape index (κ3) is 3.50. The Labute approximate surface area is 140 Å². The molecule has 1 atom stereocenters. The van der Waals surface area contributed by atoms with Gasteiger partial charge in [-0.1, -0.05) is 26.7 Å². The number of hydrogen-bond donors (Lipinski definition) is 2. The van der Waals surface area contributed by atoms with E-state index in [-0.39, 0.29) is 0 Å². The molecule has 2 heterocycles. The molecule has 0 aliphatic carbocycles. The number of carbonyl (C=O) groups excluding carboxylic acids is 1. The number of carboxylic acid groups (broad SMARTS) is 1. The fraction of sp³-hybridized carbons (Fsp3) is 0.471. The van der Waals surface area contributed by atoms with Gasteiger partial charge in [-0.3, -0.25) is 9.20 Å². The van der Waals surface area contributed by atoms with Crippen molar-refractivity contribution in [2.45, 2.75) is 45.6 Å². The van der Waals surface area contributed by atoms with Crippen molar-refractivity contribution >= 4 is 17.5 Å². The van der Waals surface area contributed by atoms with Crippen LogP contribution >= 0.6 is 0 Å². The summed E-state index contributed by atoms with van der Waals surface area (Å²) in [4.78, 5) is 28.5. The second kappa shape index (κ2) is 7.81. The zero-order valence-corrected chi connectivity index (χ0v) is 14.2. The average Bonchev–Trinajstić information content (AvgIpc) is 2.96. The van der Waals surface area contributed by atoms with E-state index in [0.29, 0.717) is 35.6 Å². The van der Waals surface area contributed by atoms with Crippen molar-refractivity contribution in [1.82, 2.24) is 14.7 Å². The monoisotopic (exact) mass is 333 g/mol. The van der Waals surface area contributed by atoms with Crippen LogP contribution in [0.25, 0.3) is 5.65 Å². The Morgan fingerprint density at radius 1 is 1.42 bits per heavy atom. The van der Waals surface area contributed by atoms with Crippen LogP contribution in [0.15, 0.2) is 18.3 Å². The van der Waals surface area contributed by atoms with Crippen molar-refractivity contribution in [3.05, 3.63) is 29.7 Å². The number of hydrogen-bond acceptors (Lipinski definition) is 4. The van der Waals surface area contributed by atoms with Crippen molar-refractivity contribution in [1.29, 1.82) is 0 Å². The van der Waals surface area contributed by atoms with Gasteiger partial charge in [0.25, 0.3) is 5.91 Å². The Bertz CT molecular complexity index is 739. The highest BCUT2D eigenvalue weighted by Crippen LogP contribution is 2.22. The molecule has 2 rings (SSSR count). The lowest BCUT2D eigenvalue weighted by molar-refractivity contribution is -0.139. The van der Waals surface area contributed by atoms with Gasteiger partial charge in [0.1, 0.15) is 11.7 Å². The molecule has 2 aromatic heterocycles. The quantitative estimate of drug-likeness (QED) is 0.773. The Balaban J connectivity index is 2.39. The van der Waals surface area contributed by atoms with E-state index >= 15 is 0 Å².